The van der Waals surface area contributed by atoms with E-state index in [1.807, 2.05) is 72.4 Å². The van der Waals surface area contributed by atoms with Gasteiger partial charge in [0.1, 0.15) is 11.5 Å². The second kappa shape index (κ2) is 7.29. The number of aryl methyl sites for hydroxylation is 1. The zero-order valence-corrected chi connectivity index (χ0v) is 15.6. The van der Waals surface area contributed by atoms with Crippen molar-refractivity contribution < 1.29 is 4.79 Å². The van der Waals surface area contributed by atoms with E-state index in [2.05, 4.69) is 15.3 Å². The van der Waals surface area contributed by atoms with Crippen LogP contribution in [0.4, 0.5) is 0 Å². The summed E-state index contributed by atoms with van der Waals surface area (Å²) in [5, 5.41) is 4.30. The number of carbonyl (C=O) groups excluding carboxylic acids is 1. The third-order valence-corrected chi connectivity index (χ3v) is 5.00. The Morgan fingerprint density at radius 1 is 1.15 bits per heavy atom. The highest BCUT2D eigenvalue weighted by Gasteiger charge is 2.19. The van der Waals surface area contributed by atoms with Crippen molar-refractivity contribution in [2.75, 3.05) is 6.54 Å². The maximum Gasteiger partial charge on any atom is 0.269 e. The summed E-state index contributed by atoms with van der Waals surface area (Å²) in [4.78, 5) is 20.3. The summed E-state index contributed by atoms with van der Waals surface area (Å²) in [5.41, 5.74) is 3.46. The van der Waals surface area contributed by atoms with Gasteiger partial charge in [0.05, 0.1) is 16.9 Å². The number of aromatic nitrogens is 3. The van der Waals surface area contributed by atoms with Gasteiger partial charge in [0, 0.05) is 30.9 Å². The molecule has 0 bridgehead atoms. The van der Waals surface area contributed by atoms with E-state index in [0.717, 1.165) is 28.0 Å². The van der Waals surface area contributed by atoms with E-state index >= 15 is 0 Å². The Hall–Kier alpha value is -3.05. The Bertz CT molecular complexity index is 1060. The number of H-pyrrole nitrogens is 1. The highest BCUT2D eigenvalue weighted by molar-refractivity contribution is 6.38. The number of hydrogen-bond acceptors (Lipinski definition) is 2. The Morgan fingerprint density at radius 3 is 2.67 bits per heavy atom. The van der Waals surface area contributed by atoms with E-state index in [-0.39, 0.29) is 5.91 Å². The zero-order valence-electron chi connectivity index (χ0n) is 14.9. The van der Waals surface area contributed by atoms with Crippen molar-refractivity contribution in [3.05, 3.63) is 77.3 Å². The number of halogens is 1. The zero-order chi connectivity index (χ0) is 18.8. The van der Waals surface area contributed by atoms with Gasteiger partial charge < -0.3 is 14.9 Å². The van der Waals surface area contributed by atoms with Crippen molar-refractivity contribution in [2.24, 2.45) is 7.05 Å². The predicted molar refractivity (Wildman–Crippen MR) is 108 cm³/mol. The van der Waals surface area contributed by atoms with E-state index < -0.39 is 0 Å². The minimum Gasteiger partial charge on any atom is -0.350 e. The van der Waals surface area contributed by atoms with Crippen molar-refractivity contribution >= 4 is 28.4 Å². The highest BCUT2D eigenvalue weighted by atomic mass is 35.5. The Kier molecular flexibility index (Phi) is 4.69. The number of hydrogen-bond donors (Lipinski definition) is 2. The third kappa shape index (κ3) is 3.34. The van der Waals surface area contributed by atoms with Gasteiger partial charge in [-0.3, -0.25) is 4.79 Å². The first-order chi connectivity index (χ1) is 13.1. The van der Waals surface area contributed by atoms with Gasteiger partial charge in [0.25, 0.3) is 5.91 Å². The van der Waals surface area contributed by atoms with Gasteiger partial charge >= 0.3 is 0 Å². The van der Waals surface area contributed by atoms with E-state index in [0.29, 0.717) is 23.7 Å². The number of benzene rings is 2. The molecule has 2 N–H and O–H groups in total. The number of carbonyl (C=O) groups is 1. The number of rotatable bonds is 5. The average Bonchev–Trinajstić information content (AvgIpc) is 3.26. The van der Waals surface area contributed by atoms with Gasteiger partial charge in [-0.05, 0) is 11.6 Å². The topological polar surface area (TPSA) is 62.7 Å². The molecule has 0 saturated heterocycles. The fourth-order valence-electron chi connectivity index (χ4n) is 3.23. The molecule has 5 nitrogen and oxygen atoms in total. The lowest BCUT2D eigenvalue weighted by molar-refractivity contribution is 0.0946. The maximum absolute atomic E-state index is 12.6. The lowest BCUT2D eigenvalue weighted by Crippen LogP contribution is -2.27. The maximum atomic E-state index is 12.6. The molecule has 27 heavy (non-hydrogen) atoms. The molecular formula is C21H19ClN4O. The normalized spacial score (nSPS) is 11.0. The molecule has 0 aliphatic rings. The number of aromatic amines is 1. The number of nitrogens with zero attached hydrogens (tertiary/aromatic N) is 2. The summed E-state index contributed by atoms with van der Waals surface area (Å²) in [5.74, 6) is 0.644. The van der Waals surface area contributed by atoms with Crippen LogP contribution in [0, 0.1) is 0 Å². The van der Waals surface area contributed by atoms with E-state index in [1.165, 1.54) is 0 Å². The van der Waals surface area contributed by atoms with Gasteiger partial charge in [0.2, 0.25) is 0 Å². The molecule has 0 radical (unpaired) electrons. The van der Waals surface area contributed by atoms with Crippen LogP contribution in [-0.4, -0.2) is 27.0 Å². The summed E-state index contributed by atoms with van der Waals surface area (Å²) in [6.45, 7) is 0.471. The molecule has 0 spiro atoms. The van der Waals surface area contributed by atoms with Crippen molar-refractivity contribution in [3.8, 4) is 11.3 Å². The van der Waals surface area contributed by atoms with Crippen LogP contribution in [0.25, 0.3) is 22.2 Å². The molecular weight excluding hydrogens is 360 g/mol. The first-order valence-corrected chi connectivity index (χ1v) is 9.13. The van der Waals surface area contributed by atoms with Gasteiger partial charge in [-0.25, -0.2) is 4.98 Å². The second-order valence-electron chi connectivity index (χ2n) is 6.35. The van der Waals surface area contributed by atoms with E-state index in [1.54, 1.807) is 0 Å². The lowest BCUT2D eigenvalue weighted by Gasteiger charge is -2.06. The summed E-state index contributed by atoms with van der Waals surface area (Å²) < 4.78 is 1.83. The molecule has 1 amide bonds. The van der Waals surface area contributed by atoms with Crippen LogP contribution >= 0.6 is 11.6 Å². The fraction of sp³-hybridized carbons (Fsp3) is 0.143. The molecule has 0 aliphatic carbocycles. The molecule has 6 heteroatoms. The number of amides is 1. The van der Waals surface area contributed by atoms with E-state index in [9.17, 15) is 4.79 Å². The van der Waals surface area contributed by atoms with Crippen LogP contribution in [0.5, 0.6) is 0 Å². The van der Waals surface area contributed by atoms with Gasteiger partial charge in [-0.2, -0.15) is 0 Å². The van der Waals surface area contributed by atoms with Gasteiger partial charge in [0.15, 0.2) is 0 Å². The summed E-state index contributed by atoms with van der Waals surface area (Å²) in [6, 6.07) is 17.7. The lowest BCUT2D eigenvalue weighted by atomic mass is 10.2. The molecule has 0 atom stereocenters. The van der Waals surface area contributed by atoms with Crippen molar-refractivity contribution in [1.29, 1.82) is 0 Å². The average molecular weight is 379 g/mol. The fourth-order valence-corrected chi connectivity index (χ4v) is 3.60. The van der Waals surface area contributed by atoms with Crippen LogP contribution in [0.2, 0.25) is 5.02 Å². The first-order valence-electron chi connectivity index (χ1n) is 8.75. The van der Waals surface area contributed by atoms with Crippen LogP contribution in [0.3, 0.4) is 0 Å². The van der Waals surface area contributed by atoms with Crippen molar-refractivity contribution in [1.82, 2.24) is 19.9 Å². The Labute approximate surface area is 162 Å². The largest absolute Gasteiger partial charge is 0.350 e. The molecule has 4 aromatic rings. The smallest absolute Gasteiger partial charge is 0.269 e. The minimum absolute atomic E-state index is 0.187. The van der Waals surface area contributed by atoms with Crippen molar-refractivity contribution in [3.63, 3.8) is 0 Å². The highest BCUT2D eigenvalue weighted by Crippen LogP contribution is 2.29. The Morgan fingerprint density at radius 2 is 1.89 bits per heavy atom. The molecule has 0 aliphatic heterocycles. The monoisotopic (exact) mass is 378 g/mol. The van der Waals surface area contributed by atoms with Crippen LogP contribution in [-0.2, 0) is 13.5 Å². The van der Waals surface area contributed by atoms with Gasteiger partial charge in [-0.1, -0.05) is 60.1 Å². The third-order valence-electron chi connectivity index (χ3n) is 4.62. The standard InChI is InChI=1S/C21H19ClN4O/c1-26-17-10-6-5-9-15(17)19(22)20(26)21(27)23-12-11-18-24-13-16(25-18)14-7-3-2-4-8-14/h2-10,13H,11-12H2,1H3,(H,23,27)(H,24,25). The van der Waals surface area contributed by atoms with Crippen LogP contribution < -0.4 is 5.32 Å². The van der Waals surface area contributed by atoms with Crippen molar-refractivity contribution in [2.45, 2.75) is 6.42 Å². The molecule has 2 aromatic heterocycles. The number of fused-ring (bicyclic) bond motifs is 1. The summed E-state index contributed by atoms with van der Waals surface area (Å²) in [7, 11) is 1.85. The SMILES string of the molecule is Cn1c(C(=O)NCCc2ncc(-c3ccccc3)[nH]2)c(Cl)c2ccccc21. The Balaban J connectivity index is 1.43. The summed E-state index contributed by atoms with van der Waals surface area (Å²) in [6.07, 6.45) is 2.42. The first kappa shape index (κ1) is 17.4. The molecule has 2 aromatic carbocycles. The van der Waals surface area contributed by atoms with Gasteiger partial charge in [-0.15, -0.1) is 0 Å². The van der Waals surface area contributed by atoms with E-state index in [4.69, 9.17) is 11.6 Å². The molecule has 0 unspecified atom stereocenters. The molecule has 2 heterocycles. The predicted octanol–water partition coefficient (Wildman–Crippen LogP) is 4.19. The molecule has 4 rings (SSSR count). The quantitative estimate of drug-likeness (QED) is 0.546. The second-order valence-corrected chi connectivity index (χ2v) is 6.73. The number of imidazole rings is 1. The van der Waals surface area contributed by atoms with Crippen LogP contribution in [0.1, 0.15) is 16.3 Å². The molecule has 136 valence electrons. The number of para-hydroxylation sites is 1. The number of nitrogens with one attached hydrogen (secondary N) is 2. The summed E-state index contributed by atoms with van der Waals surface area (Å²) >= 11 is 6.42. The van der Waals surface area contributed by atoms with Crippen LogP contribution in [0.15, 0.2) is 60.8 Å². The minimum atomic E-state index is -0.187. The molecule has 0 fully saturated rings. The molecule has 0 saturated carbocycles.